The molecule has 3 aromatic rings. The predicted octanol–water partition coefficient (Wildman–Crippen LogP) is 4.22. The lowest BCUT2D eigenvalue weighted by atomic mass is 10.1. The second kappa shape index (κ2) is 5.10. The minimum Gasteiger partial charge on any atom is -0.454 e. The van der Waals surface area contributed by atoms with Crippen LogP contribution in [0, 0.1) is 13.8 Å². The maximum absolute atomic E-state index is 5.48. The van der Waals surface area contributed by atoms with E-state index < -0.39 is 0 Å². The molecule has 0 radical (unpaired) electrons. The van der Waals surface area contributed by atoms with Crippen LogP contribution in [0.25, 0.3) is 21.8 Å². The van der Waals surface area contributed by atoms with E-state index in [1.165, 1.54) is 0 Å². The maximum Gasteiger partial charge on any atom is 0.231 e. The average molecular weight is 310 g/mol. The van der Waals surface area contributed by atoms with Gasteiger partial charge in [-0.2, -0.15) is 0 Å². The van der Waals surface area contributed by atoms with Gasteiger partial charge in [0.05, 0.1) is 15.6 Å². The van der Waals surface area contributed by atoms with Crippen molar-refractivity contribution in [2.45, 2.75) is 13.8 Å². The van der Waals surface area contributed by atoms with Crippen LogP contribution >= 0.6 is 11.3 Å². The first-order valence-corrected chi connectivity index (χ1v) is 7.84. The summed E-state index contributed by atoms with van der Waals surface area (Å²) in [6, 6.07) is 12.0. The number of aryl methyl sites for hydroxylation is 2. The van der Waals surface area contributed by atoms with Gasteiger partial charge in [0, 0.05) is 5.69 Å². The molecule has 1 aliphatic rings. The van der Waals surface area contributed by atoms with E-state index in [4.69, 9.17) is 9.47 Å². The Morgan fingerprint density at radius 1 is 1.00 bits per heavy atom. The van der Waals surface area contributed by atoms with Crippen LogP contribution in [0.3, 0.4) is 0 Å². The third-order valence-corrected chi connectivity index (χ3v) is 4.52. The maximum atomic E-state index is 5.48. The van der Waals surface area contributed by atoms with Gasteiger partial charge in [0.1, 0.15) is 5.69 Å². The lowest BCUT2D eigenvalue weighted by Crippen LogP contribution is -1.92. The zero-order chi connectivity index (χ0) is 15.1. The van der Waals surface area contributed by atoms with Gasteiger partial charge in [-0.25, -0.2) is 4.98 Å². The Bertz CT molecular complexity index is 858. The summed E-state index contributed by atoms with van der Waals surface area (Å²) in [5.74, 6) is 1.58. The number of hydrogen-bond acceptors (Lipinski definition) is 5. The number of pyridine rings is 1. The van der Waals surface area contributed by atoms with E-state index in [2.05, 4.69) is 9.97 Å². The van der Waals surface area contributed by atoms with Crippen LogP contribution in [-0.2, 0) is 0 Å². The number of nitrogens with zero attached hydrogens (tertiary/aromatic N) is 2. The average Bonchev–Trinajstić information content (AvgIpc) is 3.12. The third kappa shape index (κ3) is 2.23. The molecule has 1 aromatic carbocycles. The first-order chi connectivity index (χ1) is 10.7. The van der Waals surface area contributed by atoms with Crippen LogP contribution in [0.2, 0.25) is 0 Å². The summed E-state index contributed by atoms with van der Waals surface area (Å²) in [6.45, 7) is 4.29. The summed E-state index contributed by atoms with van der Waals surface area (Å²) in [6.07, 6.45) is 0. The molecule has 4 rings (SSSR count). The van der Waals surface area contributed by atoms with Crippen LogP contribution in [-0.4, -0.2) is 16.8 Å². The van der Waals surface area contributed by atoms with Crippen molar-refractivity contribution in [3.8, 4) is 33.3 Å². The summed E-state index contributed by atoms with van der Waals surface area (Å²) in [7, 11) is 0. The molecule has 0 atom stereocenters. The van der Waals surface area contributed by atoms with Gasteiger partial charge < -0.3 is 9.47 Å². The van der Waals surface area contributed by atoms with Gasteiger partial charge in [0.25, 0.3) is 0 Å². The Labute approximate surface area is 132 Å². The minimum atomic E-state index is 0.285. The molecule has 0 saturated heterocycles. The number of benzene rings is 1. The molecule has 0 unspecified atom stereocenters. The molecule has 0 saturated carbocycles. The fraction of sp³-hybridized carbons (Fsp3) is 0.176. The van der Waals surface area contributed by atoms with E-state index >= 15 is 0 Å². The zero-order valence-corrected chi connectivity index (χ0v) is 13.1. The molecule has 22 heavy (non-hydrogen) atoms. The largest absolute Gasteiger partial charge is 0.454 e. The van der Waals surface area contributed by atoms with Crippen molar-refractivity contribution in [1.29, 1.82) is 0 Å². The second-order valence-corrected chi connectivity index (χ2v) is 6.35. The molecule has 0 aliphatic carbocycles. The molecule has 5 heteroatoms. The number of rotatable bonds is 2. The van der Waals surface area contributed by atoms with Gasteiger partial charge >= 0.3 is 0 Å². The first-order valence-electron chi connectivity index (χ1n) is 7.02. The highest BCUT2D eigenvalue weighted by Gasteiger charge is 2.18. The summed E-state index contributed by atoms with van der Waals surface area (Å²) >= 11 is 1.67. The third-order valence-electron chi connectivity index (χ3n) is 3.50. The highest BCUT2D eigenvalue weighted by atomic mass is 32.1. The van der Waals surface area contributed by atoms with Gasteiger partial charge in [0.15, 0.2) is 11.5 Å². The van der Waals surface area contributed by atoms with Crippen LogP contribution in [0.15, 0.2) is 36.4 Å². The molecular weight excluding hydrogens is 296 g/mol. The molecule has 0 amide bonds. The van der Waals surface area contributed by atoms with E-state index in [1.807, 2.05) is 50.2 Å². The van der Waals surface area contributed by atoms with Crippen LogP contribution in [0.4, 0.5) is 0 Å². The highest BCUT2D eigenvalue weighted by molar-refractivity contribution is 7.15. The van der Waals surface area contributed by atoms with E-state index in [0.29, 0.717) is 0 Å². The number of hydrogen-bond donors (Lipinski definition) is 0. The molecule has 0 fully saturated rings. The fourth-order valence-electron chi connectivity index (χ4n) is 2.51. The molecular formula is C17H14N2O2S. The number of ether oxygens (including phenoxy) is 2. The van der Waals surface area contributed by atoms with Gasteiger partial charge in [-0.05, 0) is 49.7 Å². The summed E-state index contributed by atoms with van der Waals surface area (Å²) in [4.78, 5) is 10.4. The van der Waals surface area contributed by atoms with Crippen molar-refractivity contribution >= 4 is 11.3 Å². The molecule has 0 spiro atoms. The van der Waals surface area contributed by atoms with E-state index in [-0.39, 0.29) is 6.79 Å². The molecule has 3 heterocycles. The van der Waals surface area contributed by atoms with Crippen LogP contribution in [0.5, 0.6) is 11.5 Å². The molecule has 0 bridgehead atoms. The Morgan fingerprint density at radius 2 is 1.86 bits per heavy atom. The summed E-state index contributed by atoms with van der Waals surface area (Å²) in [5, 5.41) is 1.02. The van der Waals surface area contributed by atoms with Crippen molar-refractivity contribution in [2.75, 3.05) is 6.79 Å². The van der Waals surface area contributed by atoms with Gasteiger partial charge in [-0.15, -0.1) is 11.3 Å². The Morgan fingerprint density at radius 3 is 2.73 bits per heavy atom. The lowest BCUT2D eigenvalue weighted by molar-refractivity contribution is 0.174. The summed E-state index contributed by atoms with van der Waals surface area (Å²) < 4.78 is 10.9. The smallest absolute Gasteiger partial charge is 0.231 e. The van der Waals surface area contributed by atoms with Crippen LogP contribution < -0.4 is 9.47 Å². The second-order valence-electron chi connectivity index (χ2n) is 5.14. The Balaban J connectivity index is 1.86. The topological polar surface area (TPSA) is 44.2 Å². The van der Waals surface area contributed by atoms with E-state index in [1.54, 1.807) is 11.3 Å². The van der Waals surface area contributed by atoms with Crippen molar-refractivity contribution in [3.05, 3.63) is 47.1 Å². The van der Waals surface area contributed by atoms with Crippen LogP contribution in [0.1, 0.15) is 10.7 Å². The van der Waals surface area contributed by atoms with Gasteiger partial charge in [-0.1, -0.05) is 6.07 Å². The van der Waals surface area contributed by atoms with Gasteiger partial charge in [0.2, 0.25) is 6.79 Å². The molecule has 2 aromatic heterocycles. The zero-order valence-electron chi connectivity index (χ0n) is 12.3. The Hall–Kier alpha value is -2.40. The standard InChI is InChI=1S/C17H14N2O2S/c1-10-4-3-5-13(18-10)16-17(22-11(2)19-16)12-6-7-14-15(8-12)21-9-20-14/h3-8H,9H2,1-2H3. The molecule has 4 nitrogen and oxygen atoms in total. The molecule has 0 N–H and O–H groups in total. The normalized spacial score (nSPS) is 12.6. The lowest BCUT2D eigenvalue weighted by Gasteiger charge is -2.04. The quantitative estimate of drug-likeness (QED) is 0.711. The molecule has 1 aliphatic heterocycles. The first kappa shape index (κ1) is 13.3. The van der Waals surface area contributed by atoms with Crippen molar-refractivity contribution in [2.24, 2.45) is 0 Å². The monoisotopic (exact) mass is 310 g/mol. The number of thiazole rings is 1. The van der Waals surface area contributed by atoms with E-state index in [9.17, 15) is 0 Å². The van der Waals surface area contributed by atoms with Crippen molar-refractivity contribution in [1.82, 2.24) is 9.97 Å². The minimum absolute atomic E-state index is 0.285. The van der Waals surface area contributed by atoms with Crippen molar-refractivity contribution in [3.63, 3.8) is 0 Å². The SMILES string of the molecule is Cc1cccc(-c2nc(C)sc2-c2ccc3c(c2)OCO3)n1. The Kier molecular flexibility index (Phi) is 3.08. The summed E-state index contributed by atoms with van der Waals surface area (Å²) in [5.41, 5.74) is 3.88. The molecule has 110 valence electrons. The number of fused-ring (bicyclic) bond motifs is 1. The highest BCUT2D eigenvalue weighted by Crippen LogP contribution is 2.41. The fourth-order valence-corrected chi connectivity index (χ4v) is 3.43. The van der Waals surface area contributed by atoms with Crippen molar-refractivity contribution < 1.29 is 9.47 Å². The van der Waals surface area contributed by atoms with Gasteiger partial charge in [-0.3, -0.25) is 4.98 Å². The predicted molar refractivity (Wildman–Crippen MR) is 86.4 cm³/mol. The van der Waals surface area contributed by atoms with E-state index in [0.717, 1.165) is 44.0 Å². The number of aromatic nitrogens is 2.